The minimum atomic E-state index is -0.965. The van der Waals surface area contributed by atoms with Crippen molar-refractivity contribution in [3.63, 3.8) is 0 Å². The first kappa shape index (κ1) is 21.8. The SMILES string of the molecule is CCCS(=O)NCCOc1ccc2c(c1)C(C1(c3cccc(Cl)c3)CCC1)NCC2. The van der Waals surface area contributed by atoms with Crippen LogP contribution >= 0.6 is 11.6 Å². The zero-order chi connectivity index (χ0) is 21.0. The molecule has 2 unspecified atom stereocenters. The van der Waals surface area contributed by atoms with Gasteiger partial charge in [-0.05, 0) is 73.2 Å². The minimum Gasteiger partial charge on any atom is -0.492 e. The van der Waals surface area contributed by atoms with Gasteiger partial charge >= 0.3 is 0 Å². The van der Waals surface area contributed by atoms with E-state index in [1.807, 2.05) is 13.0 Å². The van der Waals surface area contributed by atoms with Crippen molar-refractivity contribution < 1.29 is 8.95 Å². The van der Waals surface area contributed by atoms with Crippen molar-refractivity contribution in [2.24, 2.45) is 0 Å². The molecule has 0 aromatic heterocycles. The van der Waals surface area contributed by atoms with Gasteiger partial charge in [-0.2, -0.15) is 0 Å². The summed E-state index contributed by atoms with van der Waals surface area (Å²) >= 11 is 6.34. The second kappa shape index (κ2) is 9.82. The molecule has 1 fully saturated rings. The lowest BCUT2D eigenvalue weighted by Gasteiger charge is -2.50. The molecule has 0 bridgehead atoms. The van der Waals surface area contributed by atoms with E-state index in [9.17, 15) is 4.21 Å². The predicted octanol–water partition coefficient (Wildman–Crippen LogP) is 4.69. The van der Waals surface area contributed by atoms with Crippen molar-refractivity contribution in [3.05, 3.63) is 64.2 Å². The lowest BCUT2D eigenvalue weighted by molar-refractivity contribution is 0.164. The molecule has 0 amide bonds. The van der Waals surface area contributed by atoms with Crippen LogP contribution in [-0.2, 0) is 22.8 Å². The van der Waals surface area contributed by atoms with Crippen molar-refractivity contribution in [3.8, 4) is 5.75 Å². The van der Waals surface area contributed by atoms with Crippen LogP contribution < -0.4 is 14.8 Å². The Morgan fingerprint density at radius 1 is 1.27 bits per heavy atom. The van der Waals surface area contributed by atoms with Crippen LogP contribution in [-0.4, -0.2) is 29.7 Å². The van der Waals surface area contributed by atoms with Crippen molar-refractivity contribution in [2.75, 3.05) is 25.4 Å². The molecule has 6 heteroatoms. The van der Waals surface area contributed by atoms with Gasteiger partial charge in [0.25, 0.3) is 0 Å². The number of fused-ring (bicyclic) bond motifs is 1. The molecule has 2 atom stereocenters. The van der Waals surface area contributed by atoms with Crippen molar-refractivity contribution >= 4 is 22.6 Å². The molecule has 0 saturated heterocycles. The van der Waals surface area contributed by atoms with E-state index in [4.69, 9.17) is 16.3 Å². The third kappa shape index (κ3) is 4.59. The van der Waals surface area contributed by atoms with Gasteiger partial charge in [-0.3, -0.25) is 0 Å². The summed E-state index contributed by atoms with van der Waals surface area (Å²) in [6, 6.07) is 15.1. The molecule has 0 spiro atoms. The van der Waals surface area contributed by atoms with Gasteiger partial charge in [-0.15, -0.1) is 0 Å². The molecule has 2 aromatic carbocycles. The number of ether oxygens (including phenoxy) is 1. The Bertz CT molecular complexity index is 901. The van der Waals surface area contributed by atoms with E-state index in [1.54, 1.807) is 0 Å². The second-order valence-corrected chi connectivity index (χ2v) is 10.1. The van der Waals surface area contributed by atoms with Gasteiger partial charge in [0.1, 0.15) is 12.4 Å². The van der Waals surface area contributed by atoms with Crippen molar-refractivity contribution in [2.45, 2.75) is 50.5 Å². The fourth-order valence-corrected chi connectivity index (χ4v) is 5.81. The normalized spacial score (nSPS) is 20.8. The lowest BCUT2D eigenvalue weighted by atomic mass is 9.58. The molecule has 2 aliphatic rings. The van der Waals surface area contributed by atoms with Crippen LogP contribution in [0, 0.1) is 0 Å². The maximum Gasteiger partial charge on any atom is 0.119 e. The van der Waals surface area contributed by atoms with E-state index >= 15 is 0 Å². The molecular weight excluding hydrogens is 416 g/mol. The van der Waals surface area contributed by atoms with Gasteiger partial charge in [0.2, 0.25) is 0 Å². The number of hydrogen-bond acceptors (Lipinski definition) is 3. The van der Waals surface area contributed by atoms with Crippen LogP contribution in [0.5, 0.6) is 5.75 Å². The highest BCUT2D eigenvalue weighted by atomic mass is 35.5. The van der Waals surface area contributed by atoms with E-state index in [0.717, 1.165) is 30.2 Å². The summed E-state index contributed by atoms with van der Waals surface area (Å²) in [5, 5.41) is 4.61. The highest BCUT2D eigenvalue weighted by Crippen LogP contribution is 2.54. The molecule has 2 aromatic rings. The highest BCUT2D eigenvalue weighted by molar-refractivity contribution is 7.83. The quantitative estimate of drug-likeness (QED) is 0.549. The van der Waals surface area contributed by atoms with Gasteiger partial charge in [0.15, 0.2) is 0 Å². The zero-order valence-electron chi connectivity index (χ0n) is 17.6. The zero-order valence-corrected chi connectivity index (χ0v) is 19.2. The molecular formula is C24H31ClN2O2S. The lowest BCUT2D eigenvalue weighted by Crippen LogP contribution is -2.49. The van der Waals surface area contributed by atoms with E-state index in [2.05, 4.69) is 46.4 Å². The van der Waals surface area contributed by atoms with Gasteiger partial charge in [0.05, 0.1) is 11.0 Å². The van der Waals surface area contributed by atoms with Crippen LogP contribution in [0.1, 0.15) is 55.3 Å². The summed E-state index contributed by atoms with van der Waals surface area (Å²) in [5.74, 6) is 1.56. The van der Waals surface area contributed by atoms with Crippen LogP contribution in [0.15, 0.2) is 42.5 Å². The van der Waals surface area contributed by atoms with Crippen LogP contribution in [0.4, 0.5) is 0 Å². The van der Waals surface area contributed by atoms with Crippen LogP contribution in [0.2, 0.25) is 5.02 Å². The molecule has 0 radical (unpaired) electrons. The van der Waals surface area contributed by atoms with E-state index in [-0.39, 0.29) is 11.5 Å². The Kier molecular flexibility index (Phi) is 7.14. The molecule has 4 nitrogen and oxygen atoms in total. The highest BCUT2D eigenvalue weighted by Gasteiger charge is 2.47. The first-order valence-electron chi connectivity index (χ1n) is 11.0. The molecule has 162 valence electrons. The minimum absolute atomic E-state index is 0.0945. The molecule has 1 aliphatic carbocycles. The topological polar surface area (TPSA) is 50.4 Å². The van der Waals surface area contributed by atoms with E-state index < -0.39 is 11.0 Å². The van der Waals surface area contributed by atoms with E-state index in [1.165, 1.54) is 36.0 Å². The third-order valence-electron chi connectivity index (χ3n) is 6.39. The fourth-order valence-electron chi connectivity index (χ4n) is 4.80. The first-order chi connectivity index (χ1) is 14.6. The number of nitrogens with one attached hydrogen (secondary N) is 2. The Morgan fingerprint density at radius 3 is 2.87 bits per heavy atom. The molecule has 2 N–H and O–H groups in total. The van der Waals surface area contributed by atoms with Crippen LogP contribution in [0.3, 0.4) is 0 Å². The molecule has 30 heavy (non-hydrogen) atoms. The number of halogens is 1. The predicted molar refractivity (Wildman–Crippen MR) is 125 cm³/mol. The third-order valence-corrected chi connectivity index (χ3v) is 7.93. The second-order valence-electron chi connectivity index (χ2n) is 8.31. The molecule has 1 saturated carbocycles. The maximum absolute atomic E-state index is 11.7. The monoisotopic (exact) mass is 446 g/mol. The molecule has 1 heterocycles. The average molecular weight is 447 g/mol. The summed E-state index contributed by atoms with van der Waals surface area (Å²) in [4.78, 5) is 0. The summed E-state index contributed by atoms with van der Waals surface area (Å²) in [6.07, 6.45) is 5.53. The van der Waals surface area contributed by atoms with Crippen molar-refractivity contribution in [1.82, 2.24) is 10.0 Å². The Hall–Kier alpha value is -1.40. The summed E-state index contributed by atoms with van der Waals surface area (Å²) in [5.41, 5.74) is 4.18. The number of benzene rings is 2. The Balaban J connectivity index is 1.51. The van der Waals surface area contributed by atoms with E-state index in [0.29, 0.717) is 18.9 Å². The smallest absolute Gasteiger partial charge is 0.119 e. The number of hydrogen-bond donors (Lipinski definition) is 2. The standard InChI is InChI=1S/C24H31ClN2O2S/c1-2-15-30(28)27-13-14-29-21-8-7-18-9-12-26-23(22(18)17-21)24(10-4-11-24)19-5-3-6-20(25)16-19/h3,5-8,16-17,23,26-27H,2,4,9-15H2,1H3. The first-order valence-corrected chi connectivity index (χ1v) is 12.7. The average Bonchev–Trinajstić information content (AvgIpc) is 2.71. The fraction of sp³-hybridized carbons (Fsp3) is 0.500. The summed E-state index contributed by atoms with van der Waals surface area (Å²) in [6.45, 7) is 4.11. The Labute approximate surface area is 187 Å². The molecule has 4 rings (SSSR count). The van der Waals surface area contributed by atoms with Gasteiger partial charge < -0.3 is 10.1 Å². The summed E-state index contributed by atoms with van der Waals surface area (Å²) in [7, 11) is -0.965. The van der Waals surface area contributed by atoms with Crippen LogP contribution in [0.25, 0.3) is 0 Å². The van der Waals surface area contributed by atoms with Gasteiger partial charge in [0, 0.05) is 28.8 Å². The van der Waals surface area contributed by atoms with Gasteiger partial charge in [-0.1, -0.05) is 43.1 Å². The molecule has 1 aliphatic heterocycles. The maximum atomic E-state index is 11.7. The summed E-state index contributed by atoms with van der Waals surface area (Å²) < 4.78 is 20.7. The Morgan fingerprint density at radius 2 is 2.13 bits per heavy atom. The van der Waals surface area contributed by atoms with Gasteiger partial charge in [-0.25, -0.2) is 8.93 Å². The number of rotatable bonds is 9. The largest absolute Gasteiger partial charge is 0.492 e. The van der Waals surface area contributed by atoms with Crippen molar-refractivity contribution in [1.29, 1.82) is 0 Å².